The van der Waals surface area contributed by atoms with Gasteiger partial charge in [0.25, 0.3) is 0 Å². The summed E-state index contributed by atoms with van der Waals surface area (Å²) in [6.45, 7) is 2.40. The average molecular weight is 344 g/mol. The minimum atomic E-state index is 0.607. The predicted molar refractivity (Wildman–Crippen MR) is 110 cm³/mol. The topological polar surface area (TPSA) is 9.23 Å². The van der Waals surface area contributed by atoms with Crippen LogP contribution in [0.5, 0.6) is 5.75 Å². The van der Waals surface area contributed by atoms with E-state index in [0.29, 0.717) is 11.8 Å². The molecule has 0 aromatic heterocycles. The van der Waals surface area contributed by atoms with E-state index < -0.39 is 0 Å². The second-order valence-corrected chi connectivity index (χ2v) is 7.86. The highest BCUT2D eigenvalue weighted by atomic mass is 16.5. The fraction of sp³-hybridized carbons (Fsp3) is 0.360. The van der Waals surface area contributed by atoms with Gasteiger partial charge in [-0.15, -0.1) is 0 Å². The Hall–Kier alpha value is -2.28. The third-order valence-electron chi connectivity index (χ3n) is 6.15. The Labute approximate surface area is 157 Å². The van der Waals surface area contributed by atoms with E-state index in [2.05, 4.69) is 67.6 Å². The second-order valence-electron chi connectivity index (χ2n) is 7.86. The molecule has 0 heterocycles. The van der Waals surface area contributed by atoms with Crippen LogP contribution in [0.2, 0.25) is 0 Å². The van der Waals surface area contributed by atoms with Gasteiger partial charge < -0.3 is 4.74 Å². The Morgan fingerprint density at radius 2 is 1.77 bits per heavy atom. The summed E-state index contributed by atoms with van der Waals surface area (Å²) >= 11 is 0. The van der Waals surface area contributed by atoms with Crippen molar-refractivity contribution in [2.75, 3.05) is 7.11 Å². The van der Waals surface area contributed by atoms with Gasteiger partial charge in [-0.25, -0.2) is 0 Å². The summed E-state index contributed by atoms with van der Waals surface area (Å²) in [5, 5.41) is 2.78. The summed E-state index contributed by atoms with van der Waals surface area (Å²) in [7, 11) is 1.75. The molecule has 0 spiro atoms. The molecule has 0 unspecified atom stereocenters. The highest BCUT2D eigenvalue weighted by Crippen LogP contribution is 2.43. The van der Waals surface area contributed by atoms with E-state index >= 15 is 0 Å². The van der Waals surface area contributed by atoms with E-state index in [-0.39, 0.29) is 0 Å². The summed E-state index contributed by atoms with van der Waals surface area (Å²) in [4.78, 5) is 0. The van der Waals surface area contributed by atoms with Gasteiger partial charge in [0, 0.05) is 0 Å². The van der Waals surface area contributed by atoms with Crippen LogP contribution in [0, 0.1) is 5.92 Å². The van der Waals surface area contributed by atoms with Gasteiger partial charge in [0.1, 0.15) is 5.75 Å². The molecule has 1 heteroatoms. The number of benzene rings is 3. The van der Waals surface area contributed by atoms with Crippen molar-refractivity contribution < 1.29 is 4.74 Å². The zero-order chi connectivity index (χ0) is 17.9. The van der Waals surface area contributed by atoms with Crippen molar-refractivity contribution in [1.82, 2.24) is 0 Å². The van der Waals surface area contributed by atoms with Crippen molar-refractivity contribution in [3.63, 3.8) is 0 Å². The number of hydrogen-bond acceptors (Lipinski definition) is 1. The molecule has 0 amide bonds. The van der Waals surface area contributed by atoms with Crippen LogP contribution in [-0.4, -0.2) is 7.11 Å². The number of fused-ring (bicyclic) bond motifs is 1. The van der Waals surface area contributed by atoms with Gasteiger partial charge in [-0.05, 0) is 77.5 Å². The highest BCUT2D eigenvalue weighted by Gasteiger charge is 2.27. The van der Waals surface area contributed by atoms with E-state index in [0.717, 1.165) is 11.7 Å². The van der Waals surface area contributed by atoms with Crippen LogP contribution in [0.15, 0.2) is 66.7 Å². The molecule has 26 heavy (non-hydrogen) atoms. The van der Waals surface area contributed by atoms with Crippen LogP contribution >= 0.6 is 0 Å². The average Bonchev–Trinajstić information content (AvgIpc) is 3.16. The molecule has 1 saturated carbocycles. The standard InChI is InChI=1S/C25H28O/c1-18(24-12-6-8-20-7-3-4-11-25(20)24)15-19-13-14-22(16-19)21-9-5-10-23(17-21)26-2/h3-12,17-19,22H,13-16H2,1-2H3/t18-,19+,22+/m0/s1. The number of rotatable bonds is 5. The third-order valence-corrected chi connectivity index (χ3v) is 6.15. The van der Waals surface area contributed by atoms with Crippen molar-refractivity contribution in [2.24, 2.45) is 5.92 Å². The normalized spacial score (nSPS) is 21.0. The molecular weight excluding hydrogens is 316 g/mol. The van der Waals surface area contributed by atoms with Crippen molar-refractivity contribution in [1.29, 1.82) is 0 Å². The lowest BCUT2D eigenvalue weighted by molar-refractivity contribution is 0.413. The lowest BCUT2D eigenvalue weighted by atomic mass is 9.86. The molecule has 1 aliphatic rings. The Kier molecular flexibility index (Phi) is 4.97. The molecule has 4 rings (SSSR count). The maximum Gasteiger partial charge on any atom is 0.119 e. The summed E-state index contributed by atoms with van der Waals surface area (Å²) in [5.74, 6) is 3.10. The zero-order valence-electron chi connectivity index (χ0n) is 15.8. The molecule has 1 nitrogen and oxygen atoms in total. The maximum atomic E-state index is 5.40. The SMILES string of the molecule is COc1cccc([C@@H]2CC[C@H](C[C@H](C)c3cccc4ccccc34)C2)c1. The van der Waals surface area contributed by atoms with Gasteiger partial charge in [-0.3, -0.25) is 0 Å². The Balaban J connectivity index is 1.46. The van der Waals surface area contributed by atoms with Crippen LogP contribution < -0.4 is 4.74 Å². The minimum absolute atomic E-state index is 0.607. The van der Waals surface area contributed by atoms with Gasteiger partial charge in [0.05, 0.1) is 7.11 Å². The molecule has 0 saturated heterocycles. The summed E-state index contributed by atoms with van der Waals surface area (Å²) in [6.07, 6.45) is 5.24. The van der Waals surface area contributed by atoms with Crippen LogP contribution in [0.25, 0.3) is 10.8 Å². The Bertz CT molecular complexity index is 877. The second kappa shape index (κ2) is 7.53. The van der Waals surface area contributed by atoms with Crippen LogP contribution in [0.4, 0.5) is 0 Å². The lowest BCUT2D eigenvalue weighted by Crippen LogP contribution is -2.03. The fourth-order valence-corrected chi connectivity index (χ4v) is 4.79. The molecule has 0 bridgehead atoms. The first-order valence-corrected chi connectivity index (χ1v) is 9.86. The largest absolute Gasteiger partial charge is 0.497 e. The molecule has 0 N–H and O–H groups in total. The first kappa shape index (κ1) is 17.1. The highest BCUT2D eigenvalue weighted by molar-refractivity contribution is 5.86. The first-order valence-electron chi connectivity index (χ1n) is 9.86. The maximum absolute atomic E-state index is 5.40. The monoisotopic (exact) mass is 344 g/mol. The van der Waals surface area contributed by atoms with E-state index in [1.165, 1.54) is 47.6 Å². The van der Waals surface area contributed by atoms with E-state index in [9.17, 15) is 0 Å². The molecule has 3 atom stereocenters. The Morgan fingerprint density at radius 3 is 2.65 bits per heavy atom. The van der Waals surface area contributed by atoms with E-state index in [1.54, 1.807) is 7.11 Å². The van der Waals surface area contributed by atoms with Crippen molar-refractivity contribution >= 4 is 10.8 Å². The van der Waals surface area contributed by atoms with Gasteiger partial charge >= 0.3 is 0 Å². The minimum Gasteiger partial charge on any atom is -0.497 e. The van der Waals surface area contributed by atoms with E-state index in [4.69, 9.17) is 4.74 Å². The predicted octanol–water partition coefficient (Wildman–Crippen LogP) is 6.93. The quantitative estimate of drug-likeness (QED) is 0.488. The van der Waals surface area contributed by atoms with Crippen LogP contribution in [0.1, 0.15) is 55.6 Å². The molecule has 134 valence electrons. The van der Waals surface area contributed by atoms with Crippen LogP contribution in [0.3, 0.4) is 0 Å². The third kappa shape index (κ3) is 3.49. The molecular formula is C25H28O. The van der Waals surface area contributed by atoms with E-state index in [1.807, 2.05) is 6.07 Å². The van der Waals surface area contributed by atoms with Crippen LogP contribution in [-0.2, 0) is 0 Å². The summed E-state index contributed by atoms with van der Waals surface area (Å²) in [6, 6.07) is 24.2. The van der Waals surface area contributed by atoms with Gasteiger partial charge in [-0.2, -0.15) is 0 Å². The number of hydrogen-bond donors (Lipinski definition) is 0. The smallest absolute Gasteiger partial charge is 0.119 e. The van der Waals surface area contributed by atoms with Gasteiger partial charge in [0.15, 0.2) is 0 Å². The zero-order valence-corrected chi connectivity index (χ0v) is 15.8. The Morgan fingerprint density at radius 1 is 0.962 bits per heavy atom. The molecule has 1 aliphatic carbocycles. The molecule has 3 aromatic rings. The first-order chi connectivity index (χ1) is 12.7. The van der Waals surface area contributed by atoms with Crippen molar-refractivity contribution in [3.8, 4) is 5.75 Å². The number of ether oxygens (including phenoxy) is 1. The summed E-state index contributed by atoms with van der Waals surface area (Å²) in [5.41, 5.74) is 2.96. The molecule has 1 fully saturated rings. The van der Waals surface area contributed by atoms with Crippen molar-refractivity contribution in [3.05, 3.63) is 77.9 Å². The molecule has 3 aromatic carbocycles. The fourth-order valence-electron chi connectivity index (χ4n) is 4.79. The number of methoxy groups -OCH3 is 1. The molecule has 0 radical (unpaired) electrons. The molecule has 0 aliphatic heterocycles. The lowest BCUT2D eigenvalue weighted by Gasteiger charge is -2.19. The summed E-state index contributed by atoms with van der Waals surface area (Å²) < 4.78 is 5.40. The van der Waals surface area contributed by atoms with Crippen molar-refractivity contribution in [2.45, 2.75) is 44.4 Å². The van der Waals surface area contributed by atoms with Gasteiger partial charge in [0.2, 0.25) is 0 Å². The van der Waals surface area contributed by atoms with Gasteiger partial charge in [-0.1, -0.05) is 61.5 Å².